The molecule has 1 aliphatic heterocycles. The number of carbonyl (C=O) groups is 2. The number of carboxylic acid groups (broad SMARTS) is 1. The maximum Gasteiger partial charge on any atom is 0.338 e. The van der Waals surface area contributed by atoms with Crippen LogP contribution in [0.15, 0.2) is 30.6 Å². The van der Waals surface area contributed by atoms with E-state index in [-0.39, 0.29) is 11.5 Å². The number of carboxylic acids is 1. The molecule has 0 radical (unpaired) electrons. The highest BCUT2D eigenvalue weighted by Crippen LogP contribution is 2.23. The van der Waals surface area contributed by atoms with Crippen molar-refractivity contribution in [1.29, 1.82) is 0 Å². The molecule has 0 bridgehead atoms. The number of piperazine rings is 1. The van der Waals surface area contributed by atoms with Crippen molar-refractivity contribution in [1.82, 2.24) is 19.6 Å². The van der Waals surface area contributed by atoms with Crippen molar-refractivity contribution in [2.45, 2.75) is 19.5 Å². The predicted molar refractivity (Wildman–Crippen MR) is 102 cm³/mol. The third-order valence-electron chi connectivity index (χ3n) is 4.68. The van der Waals surface area contributed by atoms with Gasteiger partial charge in [-0.3, -0.25) is 14.4 Å². The van der Waals surface area contributed by atoms with E-state index >= 15 is 0 Å². The van der Waals surface area contributed by atoms with Crippen molar-refractivity contribution in [3.8, 4) is 0 Å². The van der Waals surface area contributed by atoms with Crippen LogP contribution in [-0.4, -0.2) is 62.7 Å². The summed E-state index contributed by atoms with van der Waals surface area (Å²) in [6.07, 6.45) is 2.63. The van der Waals surface area contributed by atoms with Gasteiger partial charge in [0, 0.05) is 38.9 Å². The van der Waals surface area contributed by atoms with Gasteiger partial charge in [0.2, 0.25) is 5.91 Å². The standard InChI is InChI=1S/C18H20Cl2N4O3/c1-12(24-11-14(9-21-24)18(26)27)17(25)23-6-4-22(5-7-23)10-13-2-3-15(19)16(20)8-13/h2-3,8-9,11-12H,4-7,10H2,1H3,(H,26,27). The molecule has 1 aromatic heterocycles. The second-order valence-corrected chi connectivity index (χ2v) is 7.35. The molecule has 1 saturated heterocycles. The van der Waals surface area contributed by atoms with Crippen LogP contribution in [0.4, 0.5) is 0 Å². The first kappa shape index (κ1) is 19.7. The van der Waals surface area contributed by atoms with Gasteiger partial charge in [-0.25, -0.2) is 4.79 Å². The van der Waals surface area contributed by atoms with Crippen LogP contribution >= 0.6 is 23.2 Å². The summed E-state index contributed by atoms with van der Waals surface area (Å²) in [4.78, 5) is 27.7. The van der Waals surface area contributed by atoms with Crippen molar-refractivity contribution in [3.05, 3.63) is 51.8 Å². The number of aromatic nitrogens is 2. The fourth-order valence-electron chi connectivity index (χ4n) is 3.06. The van der Waals surface area contributed by atoms with E-state index in [2.05, 4.69) is 10.00 Å². The fraction of sp³-hybridized carbons (Fsp3) is 0.389. The topological polar surface area (TPSA) is 78.7 Å². The molecule has 1 aromatic carbocycles. The molecular formula is C18H20Cl2N4O3. The molecule has 1 aliphatic rings. The number of halogens is 2. The van der Waals surface area contributed by atoms with Crippen molar-refractivity contribution < 1.29 is 14.7 Å². The molecule has 1 amide bonds. The molecule has 0 spiro atoms. The molecule has 144 valence electrons. The fourth-order valence-corrected chi connectivity index (χ4v) is 3.38. The van der Waals surface area contributed by atoms with Gasteiger partial charge in [0.1, 0.15) is 6.04 Å². The lowest BCUT2D eigenvalue weighted by molar-refractivity contribution is -0.136. The molecular weight excluding hydrogens is 391 g/mol. The van der Waals surface area contributed by atoms with Crippen molar-refractivity contribution in [3.63, 3.8) is 0 Å². The molecule has 9 heteroatoms. The first-order valence-corrected chi connectivity index (χ1v) is 9.33. The van der Waals surface area contributed by atoms with Crippen LogP contribution in [0, 0.1) is 0 Å². The van der Waals surface area contributed by atoms with Gasteiger partial charge >= 0.3 is 5.97 Å². The monoisotopic (exact) mass is 410 g/mol. The maximum atomic E-state index is 12.7. The minimum Gasteiger partial charge on any atom is -0.478 e. The second kappa shape index (κ2) is 8.29. The molecule has 0 saturated carbocycles. The van der Waals surface area contributed by atoms with E-state index < -0.39 is 12.0 Å². The van der Waals surface area contributed by atoms with Crippen LogP contribution in [0.5, 0.6) is 0 Å². The number of aromatic carboxylic acids is 1. The lowest BCUT2D eigenvalue weighted by Crippen LogP contribution is -2.49. The quantitative estimate of drug-likeness (QED) is 0.819. The van der Waals surface area contributed by atoms with Gasteiger partial charge in [-0.05, 0) is 24.6 Å². The second-order valence-electron chi connectivity index (χ2n) is 6.54. The number of hydrogen-bond donors (Lipinski definition) is 1. The molecule has 1 unspecified atom stereocenters. The van der Waals surface area contributed by atoms with E-state index in [1.54, 1.807) is 17.9 Å². The first-order valence-electron chi connectivity index (χ1n) is 8.57. The lowest BCUT2D eigenvalue weighted by atomic mass is 10.2. The average Bonchev–Trinajstić information content (AvgIpc) is 3.15. The highest BCUT2D eigenvalue weighted by molar-refractivity contribution is 6.42. The maximum absolute atomic E-state index is 12.7. The summed E-state index contributed by atoms with van der Waals surface area (Å²) in [5.41, 5.74) is 1.15. The number of hydrogen-bond acceptors (Lipinski definition) is 4. The minimum absolute atomic E-state index is 0.0655. The van der Waals surface area contributed by atoms with Crippen LogP contribution in [0.1, 0.15) is 28.9 Å². The zero-order chi connectivity index (χ0) is 19.6. The Bertz CT molecular complexity index is 847. The number of carbonyl (C=O) groups excluding carboxylic acids is 1. The Morgan fingerprint density at radius 1 is 1.19 bits per heavy atom. The Morgan fingerprint density at radius 3 is 2.48 bits per heavy atom. The summed E-state index contributed by atoms with van der Waals surface area (Å²) in [5, 5.41) is 14.0. The normalized spacial score (nSPS) is 16.3. The summed E-state index contributed by atoms with van der Waals surface area (Å²) in [6, 6.07) is 5.06. The number of amides is 1. The number of rotatable bonds is 5. The third-order valence-corrected chi connectivity index (χ3v) is 5.42. The highest BCUT2D eigenvalue weighted by atomic mass is 35.5. The molecule has 1 fully saturated rings. The van der Waals surface area contributed by atoms with Gasteiger partial charge in [-0.1, -0.05) is 29.3 Å². The summed E-state index contributed by atoms with van der Waals surface area (Å²) in [6.45, 7) is 5.18. The average molecular weight is 411 g/mol. The van der Waals surface area contributed by atoms with E-state index in [9.17, 15) is 9.59 Å². The van der Waals surface area contributed by atoms with Crippen molar-refractivity contribution in [2.24, 2.45) is 0 Å². The third kappa shape index (κ3) is 4.61. The van der Waals surface area contributed by atoms with Crippen LogP contribution in [-0.2, 0) is 11.3 Å². The summed E-state index contributed by atoms with van der Waals surface area (Å²) < 4.78 is 1.40. The summed E-state index contributed by atoms with van der Waals surface area (Å²) in [7, 11) is 0. The Labute approximate surface area is 167 Å². The summed E-state index contributed by atoms with van der Waals surface area (Å²) >= 11 is 12.0. The van der Waals surface area contributed by atoms with Crippen molar-refractivity contribution >= 4 is 35.1 Å². The smallest absolute Gasteiger partial charge is 0.338 e. The van der Waals surface area contributed by atoms with Gasteiger partial charge in [0.05, 0.1) is 21.8 Å². The zero-order valence-corrected chi connectivity index (χ0v) is 16.3. The zero-order valence-electron chi connectivity index (χ0n) is 14.8. The molecule has 3 rings (SSSR count). The molecule has 1 N–H and O–H groups in total. The number of benzene rings is 1. The van der Waals surface area contributed by atoms with Gasteiger partial charge in [-0.2, -0.15) is 5.10 Å². The first-order chi connectivity index (χ1) is 12.8. The largest absolute Gasteiger partial charge is 0.478 e. The van der Waals surface area contributed by atoms with Gasteiger partial charge in [0.25, 0.3) is 0 Å². The Hall–Kier alpha value is -2.09. The van der Waals surface area contributed by atoms with Gasteiger partial charge in [-0.15, -0.1) is 0 Å². The van der Waals surface area contributed by atoms with E-state index in [0.717, 1.165) is 25.2 Å². The van der Waals surface area contributed by atoms with Crippen LogP contribution in [0.3, 0.4) is 0 Å². The van der Waals surface area contributed by atoms with Gasteiger partial charge in [0.15, 0.2) is 0 Å². The van der Waals surface area contributed by atoms with E-state index in [0.29, 0.717) is 23.1 Å². The summed E-state index contributed by atoms with van der Waals surface area (Å²) in [5.74, 6) is -1.12. The van der Waals surface area contributed by atoms with E-state index in [4.69, 9.17) is 28.3 Å². The predicted octanol–water partition coefficient (Wildman–Crippen LogP) is 2.79. The van der Waals surface area contributed by atoms with E-state index in [1.807, 2.05) is 12.1 Å². The molecule has 27 heavy (non-hydrogen) atoms. The molecule has 2 aromatic rings. The molecule has 1 atom stereocenters. The Balaban J connectivity index is 1.55. The number of nitrogens with zero attached hydrogens (tertiary/aromatic N) is 4. The molecule has 7 nitrogen and oxygen atoms in total. The molecule has 0 aliphatic carbocycles. The van der Waals surface area contributed by atoms with Crippen molar-refractivity contribution in [2.75, 3.05) is 26.2 Å². The molecule has 2 heterocycles. The Morgan fingerprint density at radius 2 is 1.89 bits per heavy atom. The van der Waals surface area contributed by atoms with Crippen LogP contribution in [0.2, 0.25) is 10.0 Å². The SMILES string of the molecule is CC(C(=O)N1CCN(Cc2ccc(Cl)c(Cl)c2)CC1)n1cc(C(=O)O)cn1. The van der Waals surface area contributed by atoms with Crippen LogP contribution in [0.25, 0.3) is 0 Å². The Kier molecular flexibility index (Phi) is 6.04. The van der Waals surface area contributed by atoms with Gasteiger partial charge < -0.3 is 10.0 Å². The highest BCUT2D eigenvalue weighted by Gasteiger charge is 2.26. The van der Waals surface area contributed by atoms with E-state index in [1.165, 1.54) is 17.1 Å². The van der Waals surface area contributed by atoms with Crippen LogP contribution < -0.4 is 0 Å². The minimum atomic E-state index is -1.06. The lowest BCUT2D eigenvalue weighted by Gasteiger charge is -2.36.